The number of nitrogens with zero attached hydrogens (tertiary/aromatic N) is 1. The number of aryl methyl sites for hydroxylation is 2. The van der Waals surface area contributed by atoms with E-state index in [9.17, 15) is 0 Å². The SMILES string of the molecule is Cc1nc2cc(CN)ccc2c(C)c1C. The van der Waals surface area contributed by atoms with Gasteiger partial charge >= 0.3 is 0 Å². The van der Waals surface area contributed by atoms with Crippen LogP contribution in [0.15, 0.2) is 18.2 Å². The van der Waals surface area contributed by atoms with E-state index in [1.807, 2.05) is 0 Å². The molecule has 1 aromatic carbocycles. The quantitative estimate of drug-likeness (QED) is 0.768. The van der Waals surface area contributed by atoms with Crippen molar-refractivity contribution in [1.29, 1.82) is 0 Å². The highest BCUT2D eigenvalue weighted by molar-refractivity contribution is 5.84. The molecule has 2 nitrogen and oxygen atoms in total. The molecule has 1 aromatic heterocycles. The Balaban J connectivity index is 2.80. The summed E-state index contributed by atoms with van der Waals surface area (Å²) in [5.74, 6) is 0. The zero-order chi connectivity index (χ0) is 11.0. The van der Waals surface area contributed by atoms with Gasteiger partial charge in [0, 0.05) is 17.6 Å². The second-order valence-corrected chi connectivity index (χ2v) is 4.00. The molecule has 2 aromatic rings. The lowest BCUT2D eigenvalue weighted by Crippen LogP contribution is -1.98. The highest BCUT2D eigenvalue weighted by Crippen LogP contribution is 2.22. The molecule has 2 N–H and O–H groups in total. The summed E-state index contributed by atoms with van der Waals surface area (Å²) in [6, 6.07) is 6.27. The van der Waals surface area contributed by atoms with Crippen LogP contribution in [0, 0.1) is 20.8 Å². The standard InChI is InChI=1S/C13H16N2/c1-8-9(2)12-5-4-11(7-14)6-13(12)15-10(8)3/h4-6H,7,14H2,1-3H3. The van der Waals surface area contributed by atoms with Crippen molar-refractivity contribution in [2.75, 3.05) is 0 Å². The van der Waals surface area contributed by atoms with Crippen molar-refractivity contribution in [2.45, 2.75) is 27.3 Å². The monoisotopic (exact) mass is 200 g/mol. The molecule has 2 heteroatoms. The number of hydrogen-bond donors (Lipinski definition) is 1. The molecule has 0 aliphatic carbocycles. The van der Waals surface area contributed by atoms with Crippen LogP contribution in [0.1, 0.15) is 22.4 Å². The normalized spacial score (nSPS) is 10.9. The number of rotatable bonds is 1. The first-order valence-corrected chi connectivity index (χ1v) is 5.20. The number of fused-ring (bicyclic) bond motifs is 1. The van der Waals surface area contributed by atoms with Gasteiger partial charge in [-0.25, -0.2) is 0 Å². The topological polar surface area (TPSA) is 38.9 Å². The van der Waals surface area contributed by atoms with Crippen molar-refractivity contribution < 1.29 is 0 Å². The van der Waals surface area contributed by atoms with Crippen LogP contribution in [-0.4, -0.2) is 4.98 Å². The van der Waals surface area contributed by atoms with E-state index in [1.54, 1.807) is 0 Å². The Labute approximate surface area is 90.1 Å². The Morgan fingerprint density at radius 3 is 2.53 bits per heavy atom. The van der Waals surface area contributed by atoms with Crippen LogP contribution in [0.2, 0.25) is 0 Å². The first kappa shape index (κ1) is 10.1. The molecule has 0 saturated carbocycles. The molecule has 0 atom stereocenters. The van der Waals surface area contributed by atoms with Crippen LogP contribution in [0.25, 0.3) is 10.9 Å². The van der Waals surface area contributed by atoms with Crippen molar-refractivity contribution in [1.82, 2.24) is 4.98 Å². The second-order valence-electron chi connectivity index (χ2n) is 4.00. The van der Waals surface area contributed by atoms with E-state index in [-0.39, 0.29) is 0 Å². The maximum Gasteiger partial charge on any atom is 0.0711 e. The average Bonchev–Trinajstić information content (AvgIpc) is 2.25. The molecule has 78 valence electrons. The Morgan fingerprint density at radius 2 is 1.87 bits per heavy atom. The summed E-state index contributed by atoms with van der Waals surface area (Å²) in [7, 11) is 0. The molecule has 2 rings (SSSR count). The van der Waals surface area contributed by atoms with Crippen molar-refractivity contribution in [3.05, 3.63) is 40.6 Å². The third-order valence-corrected chi connectivity index (χ3v) is 3.10. The first-order valence-electron chi connectivity index (χ1n) is 5.20. The lowest BCUT2D eigenvalue weighted by molar-refractivity contribution is 1.07. The van der Waals surface area contributed by atoms with Gasteiger partial charge in [-0.3, -0.25) is 4.98 Å². The number of aromatic nitrogens is 1. The van der Waals surface area contributed by atoms with Crippen molar-refractivity contribution in [3.8, 4) is 0 Å². The third-order valence-electron chi connectivity index (χ3n) is 3.10. The summed E-state index contributed by atoms with van der Waals surface area (Å²) in [4.78, 5) is 4.59. The fraction of sp³-hybridized carbons (Fsp3) is 0.308. The predicted octanol–water partition coefficient (Wildman–Crippen LogP) is 2.62. The average molecular weight is 200 g/mol. The molecule has 0 spiro atoms. The van der Waals surface area contributed by atoms with E-state index in [2.05, 4.69) is 44.0 Å². The fourth-order valence-corrected chi connectivity index (χ4v) is 1.85. The molecule has 0 fully saturated rings. The number of pyridine rings is 1. The summed E-state index contributed by atoms with van der Waals surface area (Å²) >= 11 is 0. The van der Waals surface area contributed by atoms with E-state index in [0.29, 0.717) is 6.54 Å². The van der Waals surface area contributed by atoms with Crippen molar-refractivity contribution >= 4 is 10.9 Å². The van der Waals surface area contributed by atoms with Gasteiger partial charge in [0.05, 0.1) is 5.52 Å². The smallest absolute Gasteiger partial charge is 0.0711 e. The van der Waals surface area contributed by atoms with Crippen LogP contribution < -0.4 is 5.73 Å². The third kappa shape index (κ3) is 1.61. The molecular weight excluding hydrogens is 184 g/mol. The maximum atomic E-state index is 5.62. The molecule has 0 aliphatic heterocycles. The van der Waals surface area contributed by atoms with Crippen LogP contribution >= 0.6 is 0 Å². The zero-order valence-electron chi connectivity index (χ0n) is 9.46. The number of hydrogen-bond acceptors (Lipinski definition) is 2. The van der Waals surface area contributed by atoms with Gasteiger partial charge in [0.1, 0.15) is 0 Å². The Bertz CT molecular complexity index is 515. The molecule has 0 saturated heterocycles. The van der Waals surface area contributed by atoms with Gasteiger partial charge in [-0.1, -0.05) is 12.1 Å². The number of benzene rings is 1. The van der Waals surface area contributed by atoms with Gasteiger partial charge < -0.3 is 5.73 Å². The van der Waals surface area contributed by atoms with E-state index in [1.165, 1.54) is 16.5 Å². The summed E-state index contributed by atoms with van der Waals surface area (Å²) in [6.07, 6.45) is 0. The summed E-state index contributed by atoms with van der Waals surface area (Å²) < 4.78 is 0. The minimum atomic E-state index is 0.573. The van der Waals surface area contributed by atoms with Crippen LogP contribution in [0.5, 0.6) is 0 Å². The van der Waals surface area contributed by atoms with Gasteiger partial charge in [0.15, 0.2) is 0 Å². The molecule has 15 heavy (non-hydrogen) atoms. The summed E-state index contributed by atoms with van der Waals surface area (Å²) in [5, 5.41) is 1.23. The van der Waals surface area contributed by atoms with E-state index in [0.717, 1.165) is 16.8 Å². The summed E-state index contributed by atoms with van der Waals surface area (Å²) in [5.41, 5.74) is 11.5. The lowest BCUT2D eigenvalue weighted by atomic mass is 10.0. The number of nitrogens with two attached hydrogens (primary N) is 1. The van der Waals surface area contributed by atoms with E-state index in [4.69, 9.17) is 5.73 Å². The summed E-state index contributed by atoms with van der Waals surface area (Å²) in [6.45, 7) is 6.89. The zero-order valence-corrected chi connectivity index (χ0v) is 9.46. The van der Waals surface area contributed by atoms with Gasteiger partial charge in [0.25, 0.3) is 0 Å². The first-order chi connectivity index (χ1) is 7.13. The van der Waals surface area contributed by atoms with Gasteiger partial charge in [-0.2, -0.15) is 0 Å². The van der Waals surface area contributed by atoms with E-state index >= 15 is 0 Å². The molecule has 0 unspecified atom stereocenters. The molecule has 1 heterocycles. The lowest BCUT2D eigenvalue weighted by Gasteiger charge is -2.09. The largest absolute Gasteiger partial charge is 0.326 e. The van der Waals surface area contributed by atoms with E-state index < -0.39 is 0 Å². The van der Waals surface area contributed by atoms with Gasteiger partial charge in [-0.15, -0.1) is 0 Å². The molecular formula is C13H16N2. The predicted molar refractivity (Wildman–Crippen MR) is 63.8 cm³/mol. The second kappa shape index (κ2) is 3.63. The molecule has 0 bridgehead atoms. The van der Waals surface area contributed by atoms with Crippen molar-refractivity contribution in [2.24, 2.45) is 5.73 Å². The molecule has 0 amide bonds. The van der Waals surface area contributed by atoms with Crippen molar-refractivity contribution in [3.63, 3.8) is 0 Å². The van der Waals surface area contributed by atoms with Gasteiger partial charge in [-0.05, 0) is 43.5 Å². The Hall–Kier alpha value is -1.41. The highest BCUT2D eigenvalue weighted by atomic mass is 14.7. The van der Waals surface area contributed by atoms with Gasteiger partial charge in [0.2, 0.25) is 0 Å². The minimum absolute atomic E-state index is 0.573. The van der Waals surface area contributed by atoms with Crippen LogP contribution in [0.3, 0.4) is 0 Å². The Morgan fingerprint density at radius 1 is 1.13 bits per heavy atom. The molecule has 0 radical (unpaired) electrons. The fourth-order valence-electron chi connectivity index (χ4n) is 1.85. The van der Waals surface area contributed by atoms with Crippen LogP contribution in [0.4, 0.5) is 0 Å². The minimum Gasteiger partial charge on any atom is -0.326 e. The molecule has 0 aliphatic rings. The highest BCUT2D eigenvalue weighted by Gasteiger charge is 2.05. The maximum absolute atomic E-state index is 5.62. The Kier molecular flexibility index (Phi) is 2.45. The van der Waals surface area contributed by atoms with Crippen LogP contribution in [-0.2, 0) is 6.54 Å².